The number of benzene rings is 1. The molecule has 1 aromatic carbocycles. The van der Waals surface area contributed by atoms with Gasteiger partial charge in [0.1, 0.15) is 11.3 Å². The summed E-state index contributed by atoms with van der Waals surface area (Å²) in [6.45, 7) is 1.94. The van der Waals surface area contributed by atoms with E-state index in [1.807, 2.05) is 24.3 Å². The first-order chi connectivity index (χ1) is 12.0. The van der Waals surface area contributed by atoms with Crippen LogP contribution in [0, 0.1) is 0 Å². The highest BCUT2D eigenvalue weighted by atomic mass is 35.5. The largest absolute Gasteiger partial charge is 0.335 e. The van der Waals surface area contributed by atoms with Gasteiger partial charge >= 0.3 is 0 Å². The molecule has 0 saturated carbocycles. The van der Waals surface area contributed by atoms with Crippen LogP contribution in [0.1, 0.15) is 5.56 Å². The normalized spacial score (nSPS) is 17.8. The third-order valence-corrected chi connectivity index (χ3v) is 6.34. The Morgan fingerprint density at radius 1 is 1.12 bits per heavy atom. The van der Waals surface area contributed by atoms with E-state index in [0.717, 1.165) is 29.0 Å². The summed E-state index contributed by atoms with van der Waals surface area (Å²) in [5.41, 5.74) is 3.44. The topological polar surface area (TPSA) is 79.0 Å². The number of pyridine rings is 1. The fraction of sp³-hybridized carbons (Fsp3) is 0.294. The van der Waals surface area contributed by atoms with Gasteiger partial charge in [0.05, 0.1) is 16.5 Å². The van der Waals surface area contributed by atoms with E-state index < -0.39 is 9.84 Å². The molecule has 1 aliphatic heterocycles. The number of aromatic nitrogens is 3. The molecule has 0 bridgehead atoms. The molecule has 25 heavy (non-hydrogen) atoms. The van der Waals surface area contributed by atoms with Crippen LogP contribution in [0.5, 0.6) is 0 Å². The van der Waals surface area contributed by atoms with Gasteiger partial charge in [-0.2, -0.15) is 0 Å². The van der Waals surface area contributed by atoms with Crippen LogP contribution in [0.15, 0.2) is 36.5 Å². The van der Waals surface area contributed by atoms with Crippen molar-refractivity contribution in [1.29, 1.82) is 0 Å². The van der Waals surface area contributed by atoms with E-state index in [1.165, 1.54) is 0 Å². The standard InChI is InChI=1S/C17H17ClN4O2S/c18-14-5-6-19-17-15(14)20-16(21-17)13-3-1-12(2-4-13)11-22-7-9-25(23,24)10-8-22/h1-6H,7-11H2,(H,19,20,21). The highest BCUT2D eigenvalue weighted by Crippen LogP contribution is 2.24. The molecule has 6 nitrogen and oxygen atoms in total. The smallest absolute Gasteiger partial charge is 0.179 e. The van der Waals surface area contributed by atoms with Gasteiger partial charge in [0.2, 0.25) is 0 Å². The summed E-state index contributed by atoms with van der Waals surface area (Å²) in [5.74, 6) is 1.22. The van der Waals surface area contributed by atoms with E-state index in [4.69, 9.17) is 11.6 Å². The van der Waals surface area contributed by atoms with Crippen LogP contribution in [0.25, 0.3) is 22.6 Å². The molecule has 0 radical (unpaired) electrons. The predicted molar refractivity (Wildman–Crippen MR) is 98.3 cm³/mol. The first kappa shape index (κ1) is 16.5. The Labute approximate surface area is 150 Å². The molecule has 3 aromatic rings. The van der Waals surface area contributed by atoms with Crippen molar-refractivity contribution in [3.05, 3.63) is 47.1 Å². The molecule has 0 amide bonds. The summed E-state index contributed by atoms with van der Waals surface area (Å²) in [6, 6.07) is 9.82. The maximum absolute atomic E-state index is 11.5. The molecule has 2 aromatic heterocycles. The fourth-order valence-corrected chi connectivity index (χ4v) is 4.42. The summed E-state index contributed by atoms with van der Waals surface area (Å²) in [7, 11) is -2.84. The highest BCUT2D eigenvalue weighted by molar-refractivity contribution is 7.91. The van der Waals surface area contributed by atoms with Gasteiger partial charge in [0, 0.05) is 31.4 Å². The van der Waals surface area contributed by atoms with Gasteiger partial charge in [-0.1, -0.05) is 35.9 Å². The maximum atomic E-state index is 11.5. The monoisotopic (exact) mass is 376 g/mol. The van der Waals surface area contributed by atoms with E-state index in [1.54, 1.807) is 12.3 Å². The molecular formula is C17H17ClN4O2S. The van der Waals surface area contributed by atoms with Crippen molar-refractivity contribution >= 4 is 32.6 Å². The number of fused-ring (bicyclic) bond motifs is 1. The van der Waals surface area contributed by atoms with E-state index in [-0.39, 0.29) is 11.5 Å². The maximum Gasteiger partial charge on any atom is 0.179 e. The lowest BCUT2D eigenvalue weighted by molar-refractivity contribution is 0.287. The summed E-state index contributed by atoms with van der Waals surface area (Å²) >= 11 is 6.15. The second-order valence-electron chi connectivity index (χ2n) is 6.20. The minimum Gasteiger partial charge on any atom is -0.335 e. The number of rotatable bonds is 3. The van der Waals surface area contributed by atoms with E-state index in [0.29, 0.717) is 23.8 Å². The summed E-state index contributed by atoms with van der Waals surface area (Å²) in [5, 5.41) is 0.598. The van der Waals surface area contributed by atoms with Crippen molar-refractivity contribution < 1.29 is 8.42 Å². The molecule has 3 heterocycles. The van der Waals surface area contributed by atoms with Crippen molar-refractivity contribution in [3.8, 4) is 11.4 Å². The Morgan fingerprint density at radius 3 is 2.52 bits per heavy atom. The van der Waals surface area contributed by atoms with Crippen LogP contribution in [0.2, 0.25) is 5.02 Å². The van der Waals surface area contributed by atoms with Gasteiger partial charge in [-0.3, -0.25) is 4.90 Å². The molecule has 0 unspecified atom stereocenters. The van der Waals surface area contributed by atoms with Gasteiger partial charge in [-0.25, -0.2) is 18.4 Å². The Bertz CT molecular complexity index is 1000. The van der Waals surface area contributed by atoms with Gasteiger partial charge in [-0.15, -0.1) is 0 Å². The molecule has 8 heteroatoms. The Morgan fingerprint density at radius 2 is 1.84 bits per heavy atom. The van der Waals surface area contributed by atoms with Gasteiger partial charge in [-0.05, 0) is 11.6 Å². The van der Waals surface area contributed by atoms with Gasteiger partial charge in [0.25, 0.3) is 0 Å². The molecule has 0 atom stereocenters. The van der Waals surface area contributed by atoms with Crippen molar-refractivity contribution in [2.24, 2.45) is 0 Å². The number of sulfone groups is 1. The van der Waals surface area contributed by atoms with Crippen molar-refractivity contribution in [2.75, 3.05) is 24.6 Å². The summed E-state index contributed by atoms with van der Waals surface area (Å²) in [4.78, 5) is 14.1. The Balaban J connectivity index is 1.50. The van der Waals surface area contributed by atoms with Crippen molar-refractivity contribution in [1.82, 2.24) is 19.9 Å². The minimum absolute atomic E-state index is 0.248. The number of H-pyrrole nitrogens is 1. The van der Waals surface area contributed by atoms with Gasteiger partial charge < -0.3 is 4.98 Å². The first-order valence-corrected chi connectivity index (χ1v) is 10.2. The van der Waals surface area contributed by atoms with E-state index in [9.17, 15) is 8.42 Å². The number of nitrogens with one attached hydrogen (secondary N) is 1. The summed E-state index contributed by atoms with van der Waals surface area (Å²) < 4.78 is 23.0. The third kappa shape index (κ3) is 3.53. The number of halogens is 1. The average Bonchev–Trinajstić information content (AvgIpc) is 3.03. The van der Waals surface area contributed by atoms with E-state index in [2.05, 4.69) is 19.9 Å². The minimum atomic E-state index is -2.84. The zero-order chi connectivity index (χ0) is 17.4. The number of imidazole rings is 1. The molecule has 0 aliphatic carbocycles. The van der Waals surface area contributed by atoms with Crippen LogP contribution in [0.3, 0.4) is 0 Å². The Kier molecular flexibility index (Phi) is 4.23. The molecule has 1 aliphatic rings. The van der Waals surface area contributed by atoms with Crippen molar-refractivity contribution in [3.63, 3.8) is 0 Å². The molecule has 0 spiro atoms. The van der Waals surface area contributed by atoms with Crippen LogP contribution in [-0.4, -0.2) is 52.9 Å². The molecule has 1 fully saturated rings. The third-order valence-electron chi connectivity index (χ3n) is 4.41. The zero-order valence-electron chi connectivity index (χ0n) is 13.4. The van der Waals surface area contributed by atoms with Crippen LogP contribution in [-0.2, 0) is 16.4 Å². The zero-order valence-corrected chi connectivity index (χ0v) is 15.0. The molecular weight excluding hydrogens is 360 g/mol. The SMILES string of the molecule is O=S1(=O)CCN(Cc2ccc(-c3nc4nccc(Cl)c4[nH]3)cc2)CC1. The Hall–Kier alpha value is -1.96. The lowest BCUT2D eigenvalue weighted by Gasteiger charge is -2.26. The van der Waals surface area contributed by atoms with Crippen LogP contribution >= 0.6 is 11.6 Å². The molecule has 1 N–H and O–H groups in total. The average molecular weight is 377 g/mol. The second kappa shape index (κ2) is 6.40. The molecule has 130 valence electrons. The van der Waals surface area contributed by atoms with Crippen molar-refractivity contribution in [2.45, 2.75) is 6.54 Å². The quantitative estimate of drug-likeness (QED) is 0.759. The summed E-state index contributed by atoms with van der Waals surface area (Å²) in [6.07, 6.45) is 1.64. The number of hydrogen-bond acceptors (Lipinski definition) is 5. The molecule has 4 rings (SSSR count). The predicted octanol–water partition coefficient (Wildman–Crippen LogP) is 2.51. The molecule has 1 saturated heterocycles. The number of aromatic amines is 1. The van der Waals surface area contributed by atoms with Crippen LogP contribution < -0.4 is 0 Å². The highest BCUT2D eigenvalue weighted by Gasteiger charge is 2.21. The lowest BCUT2D eigenvalue weighted by atomic mass is 10.1. The lowest BCUT2D eigenvalue weighted by Crippen LogP contribution is -2.39. The fourth-order valence-electron chi connectivity index (χ4n) is 2.95. The first-order valence-electron chi connectivity index (χ1n) is 8.02. The van der Waals surface area contributed by atoms with E-state index >= 15 is 0 Å². The van der Waals surface area contributed by atoms with Gasteiger partial charge in [0.15, 0.2) is 15.5 Å². The second-order valence-corrected chi connectivity index (χ2v) is 8.91. The number of nitrogens with zero attached hydrogens (tertiary/aromatic N) is 3. The van der Waals surface area contributed by atoms with Crippen LogP contribution in [0.4, 0.5) is 0 Å². The number of hydrogen-bond donors (Lipinski definition) is 1.